The highest BCUT2D eigenvalue weighted by atomic mass is 15.1. The number of aryl methyl sites for hydroxylation is 2. The second kappa shape index (κ2) is 3.36. The van der Waals surface area contributed by atoms with Crippen molar-refractivity contribution in [2.75, 3.05) is 13.6 Å². The van der Waals surface area contributed by atoms with Crippen LogP contribution in [-0.2, 0) is 13.0 Å². The predicted octanol–water partition coefficient (Wildman–Crippen LogP) is 2.77. The molecule has 1 aliphatic rings. The molecule has 0 saturated heterocycles. The van der Waals surface area contributed by atoms with Crippen molar-refractivity contribution in [3.63, 3.8) is 0 Å². The van der Waals surface area contributed by atoms with Crippen molar-refractivity contribution in [1.29, 1.82) is 0 Å². The van der Waals surface area contributed by atoms with Crippen molar-refractivity contribution in [1.82, 2.24) is 9.88 Å². The highest BCUT2D eigenvalue weighted by Crippen LogP contribution is 2.30. The van der Waals surface area contributed by atoms with Crippen LogP contribution < -0.4 is 0 Å². The monoisotopic (exact) mass is 214 g/mol. The van der Waals surface area contributed by atoms with E-state index >= 15 is 0 Å². The minimum absolute atomic E-state index is 1.08. The molecule has 2 heteroatoms. The summed E-state index contributed by atoms with van der Waals surface area (Å²) in [6, 6.07) is 4.55. The van der Waals surface area contributed by atoms with Crippen molar-refractivity contribution in [3.8, 4) is 0 Å². The Morgan fingerprint density at radius 1 is 1.25 bits per heavy atom. The molecule has 0 bridgehead atoms. The standard InChI is InChI=1S/C14H18N2/c1-9-6-10(2)14-11-8-16(3)5-4-12(11)15-13(14)7-9/h6-7,15H,4-5,8H2,1-3H3. The van der Waals surface area contributed by atoms with Crippen LogP contribution in [0, 0.1) is 13.8 Å². The molecule has 16 heavy (non-hydrogen) atoms. The maximum atomic E-state index is 3.59. The molecule has 1 aliphatic heterocycles. The molecule has 2 heterocycles. The average Bonchev–Trinajstić information content (AvgIpc) is 2.54. The van der Waals surface area contributed by atoms with E-state index in [0.29, 0.717) is 0 Å². The number of fused-ring (bicyclic) bond motifs is 3. The Kier molecular flexibility index (Phi) is 2.08. The molecular formula is C14H18N2. The van der Waals surface area contributed by atoms with E-state index < -0.39 is 0 Å². The summed E-state index contributed by atoms with van der Waals surface area (Å²) < 4.78 is 0. The third-order valence-corrected chi connectivity index (χ3v) is 3.60. The molecule has 0 amide bonds. The molecule has 0 spiro atoms. The Bertz CT molecular complexity index is 551. The number of likely N-dealkylation sites (N-methyl/N-ethyl adjacent to an activating group) is 1. The molecule has 1 N–H and O–H groups in total. The fourth-order valence-corrected chi connectivity index (χ4v) is 2.90. The molecule has 1 aromatic heterocycles. The van der Waals surface area contributed by atoms with Crippen molar-refractivity contribution in [2.24, 2.45) is 0 Å². The van der Waals surface area contributed by atoms with Crippen molar-refractivity contribution in [3.05, 3.63) is 34.5 Å². The van der Waals surface area contributed by atoms with Gasteiger partial charge >= 0.3 is 0 Å². The third kappa shape index (κ3) is 1.37. The second-order valence-corrected chi connectivity index (χ2v) is 5.07. The van der Waals surface area contributed by atoms with Gasteiger partial charge in [0, 0.05) is 36.1 Å². The number of H-pyrrole nitrogens is 1. The van der Waals surface area contributed by atoms with Gasteiger partial charge in [-0.05, 0) is 43.7 Å². The smallest absolute Gasteiger partial charge is 0.0464 e. The summed E-state index contributed by atoms with van der Waals surface area (Å²) in [5.41, 5.74) is 7.03. The van der Waals surface area contributed by atoms with Gasteiger partial charge in [0.05, 0.1) is 0 Å². The molecule has 0 saturated carbocycles. The summed E-state index contributed by atoms with van der Waals surface area (Å²) in [6.45, 7) is 6.63. The lowest BCUT2D eigenvalue weighted by Gasteiger charge is -2.22. The largest absolute Gasteiger partial charge is 0.358 e. The van der Waals surface area contributed by atoms with E-state index in [9.17, 15) is 0 Å². The van der Waals surface area contributed by atoms with Gasteiger partial charge in [0.2, 0.25) is 0 Å². The summed E-state index contributed by atoms with van der Waals surface area (Å²) in [5.74, 6) is 0. The lowest BCUT2D eigenvalue weighted by atomic mass is 10.0. The maximum absolute atomic E-state index is 3.59. The summed E-state index contributed by atoms with van der Waals surface area (Å²) >= 11 is 0. The van der Waals surface area contributed by atoms with Gasteiger partial charge < -0.3 is 9.88 Å². The van der Waals surface area contributed by atoms with Crippen LogP contribution in [0.2, 0.25) is 0 Å². The van der Waals surface area contributed by atoms with Gasteiger partial charge in [-0.1, -0.05) is 6.07 Å². The van der Waals surface area contributed by atoms with E-state index in [1.54, 1.807) is 0 Å². The van der Waals surface area contributed by atoms with Gasteiger partial charge in [-0.2, -0.15) is 0 Å². The van der Waals surface area contributed by atoms with E-state index in [1.807, 2.05) is 0 Å². The molecule has 0 atom stereocenters. The Labute approximate surface area is 96.3 Å². The Hall–Kier alpha value is -1.28. The predicted molar refractivity (Wildman–Crippen MR) is 67.8 cm³/mol. The van der Waals surface area contributed by atoms with E-state index in [-0.39, 0.29) is 0 Å². The SMILES string of the molecule is Cc1cc(C)c2c3c([nH]c2c1)CCN(C)C3. The molecule has 0 fully saturated rings. The molecule has 1 aromatic carbocycles. The van der Waals surface area contributed by atoms with Crippen LogP contribution in [0.5, 0.6) is 0 Å². The van der Waals surface area contributed by atoms with Crippen LogP contribution in [0.3, 0.4) is 0 Å². The van der Waals surface area contributed by atoms with E-state index in [1.165, 1.54) is 33.3 Å². The topological polar surface area (TPSA) is 19.0 Å². The highest BCUT2D eigenvalue weighted by molar-refractivity contribution is 5.88. The Morgan fingerprint density at radius 2 is 2.06 bits per heavy atom. The van der Waals surface area contributed by atoms with Crippen molar-refractivity contribution < 1.29 is 0 Å². The molecule has 84 valence electrons. The number of aromatic amines is 1. The van der Waals surface area contributed by atoms with Gasteiger partial charge in [0.15, 0.2) is 0 Å². The zero-order valence-electron chi connectivity index (χ0n) is 10.2. The van der Waals surface area contributed by atoms with Crippen LogP contribution in [-0.4, -0.2) is 23.5 Å². The summed E-state index contributed by atoms with van der Waals surface area (Å²) in [7, 11) is 2.20. The normalized spacial score (nSPS) is 16.7. The van der Waals surface area contributed by atoms with Crippen LogP contribution >= 0.6 is 0 Å². The van der Waals surface area contributed by atoms with Crippen LogP contribution in [0.1, 0.15) is 22.4 Å². The zero-order valence-corrected chi connectivity index (χ0v) is 10.2. The van der Waals surface area contributed by atoms with Gasteiger partial charge in [-0.15, -0.1) is 0 Å². The lowest BCUT2D eigenvalue weighted by Crippen LogP contribution is -2.26. The zero-order chi connectivity index (χ0) is 11.3. The van der Waals surface area contributed by atoms with E-state index in [0.717, 1.165) is 19.5 Å². The first-order valence-corrected chi connectivity index (χ1v) is 5.94. The summed E-state index contributed by atoms with van der Waals surface area (Å²) in [6.07, 6.45) is 1.15. The molecule has 0 radical (unpaired) electrons. The molecule has 2 aromatic rings. The lowest BCUT2D eigenvalue weighted by molar-refractivity contribution is 0.313. The van der Waals surface area contributed by atoms with Gasteiger partial charge in [0.1, 0.15) is 0 Å². The maximum Gasteiger partial charge on any atom is 0.0464 e. The van der Waals surface area contributed by atoms with Crippen LogP contribution in [0.25, 0.3) is 10.9 Å². The molecular weight excluding hydrogens is 196 g/mol. The number of nitrogens with one attached hydrogen (secondary N) is 1. The van der Waals surface area contributed by atoms with Crippen LogP contribution in [0.4, 0.5) is 0 Å². The molecule has 0 unspecified atom stereocenters. The van der Waals surface area contributed by atoms with E-state index in [4.69, 9.17) is 0 Å². The molecule has 0 aliphatic carbocycles. The fraction of sp³-hybridized carbons (Fsp3) is 0.429. The quantitative estimate of drug-likeness (QED) is 0.714. The third-order valence-electron chi connectivity index (χ3n) is 3.60. The van der Waals surface area contributed by atoms with Crippen molar-refractivity contribution >= 4 is 10.9 Å². The molecule has 3 rings (SSSR count). The number of hydrogen-bond acceptors (Lipinski definition) is 1. The number of benzene rings is 1. The number of hydrogen-bond donors (Lipinski definition) is 1. The fourth-order valence-electron chi connectivity index (χ4n) is 2.90. The number of nitrogens with zero attached hydrogens (tertiary/aromatic N) is 1. The summed E-state index contributed by atoms with van der Waals surface area (Å²) in [4.78, 5) is 5.99. The minimum Gasteiger partial charge on any atom is -0.358 e. The summed E-state index contributed by atoms with van der Waals surface area (Å²) in [5, 5.41) is 1.45. The first-order chi connectivity index (χ1) is 7.65. The first kappa shape index (κ1) is 9.91. The average molecular weight is 214 g/mol. The first-order valence-electron chi connectivity index (χ1n) is 5.94. The Morgan fingerprint density at radius 3 is 2.88 bits per heavy atom. The van der Waals surface area contributed by atoms with Gasteiger partial charge in [0.25, 0.3) is 0 Å². The van der Waals surface area contributed by atoms with Gasteiger partial charge in [-0.25, -0.2) is 0 Å². The van der Waals surface area contributed by atoms with Gasteiger partial charge in [-0.3, -0.25) is 0 Å². The molecule has 2 nitrogen and oxygen atoms in total. The number of aromatic nitrogens is 1. The van der Waals surface area contributed by atoms with Crippen molar-refractivity contribution in [2.45, 2.75) is 26.8 Å². The highest BCUT2D eigenvalue weighted by Gasteiger charge is 2.19. The number of rotatable bonds is 0. The Balaban J connectivity index is 2.30. The second-order valence-electron chi connectivity index (χ2n) is 5.07. The van der Waals surface area contributed by atoms with Crippen LogP contribution in [0.15, 0.2) is 12.1 Å². The minimum atomic E-state index is 1.08. The van der Waals surface area contributed by atoms with E-state index in [2.05, 4.69) is 42.9 Å².